The molecule has 2 amide bonds. The molecule has 1 saturated carbocycles. The van der Waals surface area contributed by atoms with Gasteiger partial charge in [0.2, 0.25) is 17.1 Å². The SMILES string of the molecule is CC(=O)Nc1n[nH]c2cc(-c3cc(N4CC(C(=O)NC5CCCCC5)CCC4C(F)(F)F)nc(Cl)n3)cc(F)c12. The maximum Gasteiger partial charge on any atom is 0.408 e. The monoisotopic (exact) mass is 581 g/mol. The summed E-state index contributed by atoms with van der Waals surface area (Å²) in [7, 11) is 0. The first-order valence-electron chi connectivity index (χ1n) is 13.1. The van der Waals surface area contributed by atoms with Crippen molar-refractivity contribution in [3.8, 4) is 11.3 Å². The number of benzene rings is 1. The number of nitrogens with one attached hydrogen (secondary N) is 3. The lowest BCUT2D eigenvalue weighted by molar-refractivity contribution is -0.156. The molecule has 3 N–H and O–H groups in total. The van der Waals surface area contributed by atoms with Gasteiger partial charge >= 0.3 is 6.18 Å². The van der Waals surface area contributed by atoms with Crippen molar-refractivity contribution in [1.29, 1.82) is 0 Å². The zero-order valence-electron chi connectivity index (χ0n) is 21.6. The van der Waals surface area contributed by atoms with E-state index < -0.39 is 29.9 Å². The van der Waals surface area contributed by atoms with Crippen LogP contribution in [0.5, 0.6) is 0 Å². The van der Waals surface area contributed by atoms with Gasteiger partial charge in [-0.15, -0.1) is 0 Å². The van der Waals surface area contributed by atoms with Crippen molar-refractivity contribution in [2.24, 2.45) is 5.92 Å². The standard InChI is InChI=1S/C26H28ClF4N7O2/c1-13(39)32-23-22-17(28)9-15(10-19(22)36-37-23)18-11-21(35-25(27)34-18)38-12-14(7-8-20(38)26(29,30)31)24(40)33-16-5-3-2-4-6-16/h9-11,14,16,20H,2-8,12H2,1H3,(H,33,40)(H2,32,36,37,39). The molecule has 1 aliphatic heterocycles. The van der Waals surface area contributed by atoms with Crippen LogP contribution >= 0.6 is 11.6 Å². The second-order valence-corrected chi connectivity index (χ2v) is 10.7. The van der Waals surface area contributed by atoms with E-state index in [0.29, 0.717) is 0 Å². The summed E-state index contributed by atoms with van der Waals surface area (Å²) in [5.41, 5.74) is 0.530. The third-order valence-electron chi connectivity index (χ3n) is 7.47. The van der Waals surface area contributed by atoms with E-state index in [1.165, 1.54) is 19.1 Å². The van der Waals surface area contributed by atoms with E-state index in [1.807, 2.05) is 0 Å². The summed E-state index contributed by atoms with van der Waals surface area (Å²) in [5.74, 6) is -2.20. The molecular weight excluding hydrogens is 554 g/mol. The van der Waals surface area contributed by atoms with Crippen molar-refractivity contribution >= 4 is 46.0 Å². The molecule has 0 radical (unpaired) electrons. The molecule has 214 valence electrons. The molecule has 1 saturated heterocycles. The molecule has 40 heavy (non-hydrogen) atoms. The van der Waals surface area contributed by atoms with E-state index in [1.54, 1.807) is 0 Å². The van der Waals surface area contributed by atoms with Gasteiger partial charge in [0.1, 0.15) is 17.7 Å². The van der Waals surface area contributed by atoms with Crippen LogP contribution in [-0.4, -0.2) is 56.8 Å². The highest BCUT2D eigenvalue weighted by Gasteiger charge is 2.48. The largest absolute Gasteiger partial charge is 0.408 e. The maximum atomic E-state index is 15.1. The van der Waals surface area contributed by atoms with Gasteiger partial charge in [0.25, 0.3) is 0 Å². The Hall–Kier alpha value is -3.48. The molecule has 2 unspecified atom stereocenters. The van der Waals surface area contributed by atoms with Crippen molar-refractivity contribution in [2.45, 2.75) is 70.1 Å². The molecule has 3 heterocycles. The van der Waals surface area contributed by atoms with Crippen LogP contribution in [0.15, 0.2) is 18.2 Å². The number of hydrogen-bond donors (Lipinski definition) is 3. The molecular formula is C26H28ClF4N7O2. The van der Waals surface area contributed by atoms with Gasteiger partial charge < -0.3 is 15.5 Å². The van der Waals surface area contributed by atoms with Gasteiger partial charge in [0.15, 0.2) is 5.82 Å². The van der Waals surface area contributed by atoms with Crippen LogP contribution in [0.4, 0.5) is 29.2 Å². The van der Waals surface area contributed by atoms with Crippen LogP contribution in [0.25, 0.3) is 22.2 Å². The lowest BCUT2D eigenvalue weighted by atomic mass is 9.90. The van der Waals surface area contributed by atoms with E-state index in [2.05, 4.69) is 30.8 Å². The van der Waals surface area contributed by atoms with Crippen molar-refractivity contribution in [3.05, 3.63) is 29.3 Å². The second kappa shape index (κ2) is 11.2. The van der Waals surface area contributed by atoms with Gasteiger partial charge in [-0.2, -0.15) is 18.3 Å². The fourth-order valence-electron chi connectivity index (χ4n) is 5.56. The topological polar surface area (TPSA) is 116 Å². The summed E-state index contributed by atoms with van der Waals surface area (Å²) in [6, 6.07) is 2.09. The number of aromatic amines is 1. The number of H-pyrrole nitrogens is 1. The summed E-state index contributed by atoms with van der Waals surface area (Å²) in [6.45, 7) is 1.06. The third kappa shape index (κ3) is 5.98. The Bertz CT molecular complexity index is 1420. The Kier molecular flexibility index (Phi) is 7.85. The Labute approximate surface area is 232 Å². The van der Waals surface area contributed by atoms with Gasteiger partial charge in [0, 0.05) is 31.1 Å². The minimum Gasteiger partial charge on any atom is -0.353 e. The number of fused-ring (bicyclic) bond motifs is 1. The van der Waals surface area contributed by atoms with E-state index >= 15 is 4.39 Å². The maximum absolute atomic E-state index is 15.1. The van der Waals surface area contributed by atoms with Crippen LogP contribution in [0.3, 0.4) is 0 Å². The highest BCUT2D eigenvalue weighted by Crippen LogP contribution is 2.38. The van der Waals surface area contributed by atoms with E-state index in [0.717, 1.165) is 43.1 Å². The van der Waals surface area contributed by atoms with Crippen LogP contribution in [-0.2, 0) is 9.59 Å². The second-order valence-electron chi connectivity index (χ2n) is 10.3. The number of halogens is 5. The molecule has 14 heteroatoms. The summed E-state index contributed by atoms with van der Waals surface area (Å²) in [6.07, 6.45) is 0.0839. The predicted octanol–water partition coefficient (Wildman–Crippen LogP) is 5.37. The first-order valence-corrected chi connectivity index (χ1v) is 13.5. The number of alkyl halides is 3. The Balaban J connectivity index is 1.46. The predicted molar refractivity (Wildman–Crippen MR) is 141 cm³/mol. The lowest BCUT2D eigenvalue weighted by Gasteiger charge is -2.41. The molecule has 2 aliphatic rings. The Morgan fingerprint density at radius 1 is 1.07 bits per heavy atom. The number of hydrogen-bond acceptors (Lipinski definition) is 6. The van der Waals surface area contributed by atoms with E-state index in [-0.39, 0.29) is 70.4 Å². The number of amides is 2. The van der Waals surface area contributed by atoms with E-state index in [9.17, 15) is 22.8 Å². The number of piperidine rings is 1. The van der Waals surface area contributed by atoms with Gasteiger partial charge in [-0.1, -0.05) is 19.3 Å². The normalized spacial score (nSPS) is 20.5. The van der Waals surface area contributed by atoms with Crippen molar-refractivity contribution in [2.75, 3.05) is 16.8 Å². The molecule has 1 aliphatic carbocycles. The number of carbonyl (C=O) groups excluding carboxylic acids is 2. The van der Waals surface area contributed by atoms with Crippen LogP contribution in [0.2, 0.25) is 5.28 Å². The smallest absolute Gasteiger partial charge is 0.353 e. The molecule has 1 aromatic carbocycles. The number of carbonyl (C=O) groups is 2. The van der Waals surface area contributed by atoms with Gasteiger partial charge in [0.05, 0.1) is 22.5 Å². The van der Waals surface area contributed by atoms with Gasteiger partial charge in [-0.05, 0) is 49.4 Å². The van der Waals surface area contributed by atoms with Gasteiger partial charge in [-0.25, -0.2) is 14.4 Å². The number of nitrogens with zero attached hydrogens (tertiary/aromatic N) is 4. The third-order valence-corrected chi connectivity index (χ3v) is 7.64. The lowest BCUT2D eigenvalue weighted by Crippen LogP contribution is -2.55. The summed E-state index contributed by atoms with van der Waals surface area (Å²) < 4.78 is 57.4. The Morgan fingerprint density at radius 2 is 1.82 bits per heavy atom. The first kappa shape index (κ1) is 28.1. The molecule has 2 aromatic heterocycles. The van der Waals surface area contributed by atoms with Crippen molar-refractivity contribution < 1.29 is 27.2 Å². The summed E-state index contributed by atoms with van der Waals surface area (Å²) in [4.78, 5) is 33.7. The zero-order valence-corrected chi connectivity index (χ0v) is 22.4. The minimum atomic E-state index is -4.58. The first-order chi connectivity index (χ1) is 19.0. The van der Waals surface area contributed by atoms with Crippen LogP contribution < -0.4 is 15.5 Å². The summed E-state index contributed by atoms with van der Waals surface area (Å²) in [5, 5.41) is 11.7. The van der Waals surface area contributed by atoms with Crippen LogP contribution in [0, 0.1) is 11.7 Å². The van der Waals surface area contributed by atoms with Crippen LogP contribution in [0.1, 0.15) is 51.9 Å². The minimum absolute atomic E-state index is 0.00633. The average molecular weight is 582 g/mol. The fourth-order valence-corrected chi connectivity index (χ4v) is 5.74. The molecule has 3 aromatic rings. The van der Waals surface area contributed by atoms with E-state index in [4.69, 9.17) is 11.6 Å². The molecule has 5 rings (SSSR count). The highest BCUT2D eigenvalue weighted by molar-refractivity contribution is 6.28. The van der Waals surface area contributed by atoms with Crippen molar-refractivity contribution in [1.82, 2.24) is 25.5 Å². The Morgan fingerprint density at radius 3 is 2.52 bits per heavy atom. The molecule has 2 fully saturated rings. The number of anilines is 2. The molecule has 9 nitrogen and oxygen atoms in total. The van der Waals surface area contributed by atoms with Gasteiger partial charge in [-0.3, -0.25) is 14.7 Å². The molecule has 0 bridgehead atoms. The number of rotatable bonds is 5. The van der Waals surface area contributed by atoms with Crippen molar-refractivity contribution in [3.63, 3.8) is 0 Å². The molecule has 0 spiro atoms. The number of aromatic nitrogens is 4. The summed E-state index contributed by atoms with van der Waals surface area (Å²) >= 11 is 6.16. The quantitative estimate of drug-likeness (QED) is 0.276. The highest BCUT2D eigenvalue weighted by atomic mass is 35.5. The molecule has 2 atom stereocenters. The average Bonchev–Trinajstić information content (AvgIpc) is 3.30. The fraction of sp³-hybridized carbons (Fsp3) is 0.500. The zero-order chi connectivity index (χ0) is 28.6.